The Labute approximate surface area is 82.1 Å². The molecule has 1 nitrogen and oxygen atoms in total. The van der Waals surface area contributed by atoms with E-state index >= 15 is 0 Å². The molecule has 0 spiro atoms. The summed E-state index contributed by atoms with van der Waals surface area (Å²) in [5, 5.41) is 1.03. The second kappa shape index (κ2) is 2.99. The van der Waals surface area contributed by atoms with Gasteiger partial charge in [-0.3, -0.25) is 4.79 Å². The highest BCUT2D eigenvalue weighted by Gasteiger charge is 2.02. The monoisotopic (exact) mass is 240 g/mol. The molecule has 1 aromatic carbocycles. The van der Waals surface area contributed by atoms with E-state index in [9.17, 15) is 4.79 Å². The molecule has 0 amide bonds. The first-order valence-electron chi connectivity index (χ1n) is 3.44. The largest absolute Gasteiger partial charge is 0.298 e. The zero-order valence-corrected chi connectivity index (χ0v) is 8.48. The first-order chi connectivity index (χ1) is 5.81. The summed E-state index contributed by atoms with van der Waals surface area (Å²) >= 11 is 5.03. The maximum absolute atomic E-state index is 10.6. The Balaban J connectivity index is 2.86. The lowest BCUT2D eigenvalue weighted by Crippen LogP contribution is -1.77. The van der Waals surface area contributed by atoms with Gasteiger partial charge in [0, 0.05) is 15.6 Å². The molecule has 0 aliphatic carbocycles. The molecule has 0 radical (unpaired) electrons. The Hall–Kier alpha value is -0.670. The maximum Gasteiger partial charge on any atom is 0.150 e. The molecule has 0 saturated carbocycles. The van der Waals surface area contributed by atoms with Crippen LogP contribution in [-0.4, -0.2) is 6.29 Å². The van der Waals surface area contributed by atoms with Crippen LogP contribution < -0.4 is 0 Å². The summed E-state index contributed by atoms with van der Waals surface area (Å²) in [5.74, 6) is 0. The Morgan fingerprint density at radius 3 is 3.00 bits per heavy atom. The van der Waals surface area contributed by atoms with Crippen LogP contribution >= 0.6 is 27.3 Å². The van der Waals surface area contributed by atoms with Gasteiger partial charge in [0.05, 0.1) is 3.79 Å². The molecule has 1 heterocycles. The molecular weight excluding hydrogens is 236 g/mol. The van der Waals surface area contributed by atoms with Gasteiger partial charge >= 0.3 is 0 Å². The Bertz CT molecular complexity index is 433. The summed E-state index contributed by atoms with van der Waals surface area (Å²) in [7, 11) is 0. The molecular formula is C9H5BrOS. The van der Waals surface area contributed by atoms with Crippen LogP contribution in [0, 0.1) is 0 Å². The molecule has 12 heavy (non-hydrogen) atoms. The summed E-state index contributed by atoms with van der Waals surface area (Å²) in [5.41, 5.74) is 0.759. The van der Waals surface area contributed by atoms with E-state index in [4.69, 9.17) is 0 Å². The molecule has 0 unspecified atom stereocenters. The van der Waals surface area contributed by atoms with E-state index in [-0.39, 0.29) is 0 Å². The second-order valence-corrected chi connectivity index (χ2v) is 4.89. The molecule has 1 aromatic heterocycles. The highest BCUT2D eigenvalue weighted by Crippen LogP contribution is 2.30. The smallest absolute Gasteiger partial charge is 0.150 e. The number of thiophene rings is 1. The van der Waals surface area contributed by atoms with E-state index in [2.05, 4.69) is 15.9 Å². The summed E-state index contributed by atoms with van der Waals surface area (Å²) in [6.07, 6.45) is 0.890. The first-order valence-corrected chi connectivity index (χ1v) is 5.05. The minimum atomic E-state index is 0.759. The molecule has 0 aliphatic rings. The van der Waals surface area contributed by atoms with Crippen LogP contribution in [0.25, 0.3) is 10.1 Å². The van der Waals surface area contributed by atoms with E-state index in [1.54, 1.807) is 11.3 Å². The Kier molecular flexibility index (Phi) is 1.98. The molecule has 2 aromatic rings. The van der Waals surface area contributed by atoms with Crippen LogP contribution in [0.5, 0.6) is 0 Å². The lowest BCUT2D eigenvalue weighted by atomic mass is 10.1. The number of aldehydes is 1. The normalized spacial score (nSPS) is 10.4. The third-order valence-electron chi connectivity index (χ3n) is 1.69. The van der Waals surface area contributed by atoms with Gasteiger partial charge in [-0.05, 0) is 28.1 Å². The molecule has 3 heteroatoms. The highest BCUT2D eigenvalue weighted by molar-refractivity contribution is 9.11. The van der Waals surface area contributed by atoms with Gasteiger partial charge in [-0.15, -0.1) is 11.3 Å². The van der Waals surface area contributed by atoms with Gasteiger partial charge in [0.25, 0.3) is 0 Å². The average molecular weight is 241 g/mol. The fraction of sp³-hybridized carbons (Fsp3) is 0. The van der Waals surface area contributed by atoms with Crippen LogP contribution in [-0.2, 0) is 0 Å². The van der Waals surface area contributed by atoms with Gasteiger partial charge in [-0.1, -0.05) is 12.1 Å². The van der Waals surface area contributed by atoms with Crippen LogP contribution in [0.2, 0.25) is 0 Å². The number of carbonyl (C=O) groups excluding carboxylic acids is 1. The highest BCUT2D eigenvalue weighted by atomic mass is 79.9. The van der Waals surface area contributed by atoms with Crippen molar-refractivity contribution in [2.24, 2.45) is 0 Å². The molecule has 0 aliphatic heterocycles. The summed E-state index contributed by atoms with van der Waals surface area (Å²) in [6.45, 7) is 0. The lowest BCUT2D eigenvalue weighted by Gasteiger charge is -1.90. The molecule has 0 N–H and O–H groups in total. The minimum Gasteiger partial charge on any atom is -0.298 e. The average Bonchev–Trinajstić information content (AvgIpc) is 2.44. The van der Waals surface area contributed by atoms with Gasteiger partial charge in [-0.25, -0.2) is 0 Å². The fourth-order valence-electron chi connectivity index (χ4n) is 1.16. The van der Waals surface area contributed by atoms with Crippen molar-refractivity contribution in [2.75, 3.05) is 0 Å². The van der Waals surface area contributed by atoms with Gasteiger partial charge < -0.3 is 0 Å². The second-order valence-electron chi connectivity index (χ2n) is 2.43. The zero-order chi connectivity index (χ0) is 8.55. The van der Waals surface area contributed by atoms with Crippen LogP contribution in [0.1, 0.15) is 10.4 Å². The fourth-order valence-corrected chi connectivity index (χ4v) is 2.73. The summed E-state index contributed by atoms with van der Waals surface area (Å²) < 4.78 is 2.21. The van der Waals surface area contributed by atoms with Crippen LogP contribution in [0.15, 0.2) is 28.1 Å². The van der Waals surface area contributed by atoms with Gasteiger partial charge in [-0.2, -0.15) is 0 Å². The van der Waals surface area contributed by atoms with E-state index < -0.39 is 0 Å². The van der Waals surface area contributed by atoms with Gasteiger partial charge in [0.15, 0.2) is 6.29 Å². The van der Waals surface area contributed by atoms with Crippen molar-refractivity contribution in [1.29, 1.82) is 0 Å². The van der Waals surface area contributed by atoms with Crippen molar-refractivity contribution in [3.63, 3.8) is 0 Å². The topological polar surface area (TPSA) is 17.1 Å². The maximum atomic E-state index is 10.6. The number of benzene rings is 1. The number of hydrogen-bond donors (Lipinski definition) is 0. The number of carbonyl (C=O) groups is 1. The Morgan fingerprint density at radius 1 is 1.42 bits per heavy atom. The van der Waals surface area contributed by atoms with E-state index in [0.29, 0.717) is 0 Å². The number of hydrogen-bond acceptors (Lipinski definition) is 2. The lowest BCUT2D eigenvalue weighted by molar-refractivity contribution is 0.112. The first kappa shape index (κ1) is 7.95. The zero-order valence-electron chi connectivity index (χ0n) is 6.08. The molecule has 0 bridgehead atoms. The Morgan fingerprint density at radius 2 is 2.25 bits per heavy atom. The quantitative estimate of drug-likeness (QED) is 0.698. The van der Waals surface area contributed by atoms with Crippen molar-refractivity contribution < 1.29 is 4.79 Å². The van der Waals surface area contributed by atoms with E-state index in [1.165, 1.54) is 0 Å². The molecule has 2 rings (SSSR count). The van der Waals surface area contributed by atoms with Crippen molar-refractivity contribution in [1.82, 2.24) is 0 Å². The van der Waals surface area contributed by atoms with Crippen molar-refractivity contribution >= 4 is 43.6 Å². The molecule has 60 valence electrons. The summed E-state index contributed by atoms with van der Waals surface area (Å²) in [4.78, 5) is 10.6. The summed E-state index contributed by atoms with van der Waals surface area (Å²) in [6, 6.07) is 7.71. The van der Waals surface area contributed by atoms with E-state index in [1.807, 2.05) is 24.3 Å². The number of rotatable bonds is 1. The van der Waals surface area contributed by atoms with Crippen LogP contribution in [0.4, 0.5) is 0 Å². The van der Waals surface area contributed by atoms with Gasteiger partial charge in [0.2, 0.25) is 0 Å². The SMILES string of the molecule is O=Cc1cccc2sc(Br)cc12. The van der Waals surface area contributed by atoms with Crippen molar-refractivity contribution in [3.05, 3.63) is 33.6 Å². The number of fused-ring (bicyclic) bond motifs is 1. The van der Waals surface area contributed by atoms with E-state index in [0.717, 1.165) is 25.7 Å². The third-order valence-corrected chi connectivity index (χ3v) is 3.30. The third kappa shape index (κ3) is 1.19. The number of halogens is 1. The van der Waals surface area contributed by atoms with Crippen molar-refractivity contribution in [2.45, 2.75) is 0 Å². The molecule has 0 atom stereocenters. The molecule has 0 fully saturated rings. The standard InChI is InChI=1S/C9H5BrOS/c10-9-4-7-6(5-11)2-1-3-8(7)12-9/h1-5H. The molecule has 0 saturated heterocycles. The predicted molar refractivity (Wildman–Crippen MR) is 54.9 cm³/mol. The minimum absolute atomic E-state index is 0.759. The van der Waals surface area contributed by atoms with Crippen molar-refractivity contribution in [3.8, 4) is 0 Å². The van der Waals surface area contributed by atoms with Crippen LogP contribution in [0.3, 0.4) is 0 Å². The predicted octanol–water partition coefficient (Wildman–Crippen LogP) is 3.48. The van der Waals surface area contributed by atoms with Gasteiger partial charge in [0.1, 0.15) is 0 Å².